The summed E-state index contributed by atoms with van der Waals surface area (Å²) in [6, 6.07) is 9.20. The van der Waals surface area contributed by atoms with E-state index in [-0.39, 0.29) is 23.8 Å². The molecule has 27 heavy (non-hydrogen) atoms. The van der Waals surface area contributed by atoms with E-state index >= 15 is 0 Å². The molecule has 1 aromatic heterocycles. The summed E-state index contributed by atoms with van der Waals surface area (Å²) in [5.74, 6) is 0.439. The van der Waals surface area contributed by atoms with Crippen molar-refractivity contribution >= 4 is 17.6 Å². The molecule has 0 aliphatic heterocycles. The minimum absolute atomic E-state index is 0.0148. The van der Waals surface area contributed by atoms with Gasteiger partial charge in [-0.15, -0.1) is 0 Å². The predicted molar refractivity (Wildman–Crippen MR) is 106 cm³/mol. The van der Waals surface area contributed by atoms with Crippen LogP contribution in [-0.4, -0.2) is 34.0 Å². The van der Waals surface area contributed by atoms with E-state index in [4.69, 9.17) is 4.52 Å². The number of carbonyl (C=O) groups excluding carboxylic acids is 2. The van der Waals surface area contributed by atoms with Crippen molar-refractivity contribution in [2.75, 3.05) is 11.9 Å². The summed E-state index contributed by atoms with van der Waals surface area (Å²) in [4.78, 5) is 27.0. The predicted octanol–water partition coefficient (Wildman–Crippen LogP) is 4.16. The molecule has 0 saturated carbocycles. The Morgan fingerprint density at radius 2 is 1.67 bits per heavy atom. The molecule has 0 aliphatic rings. The zero-order valence-electron chi connectivity index (χ0n) is 17.2. The third-order valence-electron chi connectivity index (χ3n) is 4.25. The molecule has 0 saturated heterocycles. The van der Waals surface area contributed by atoms with E-state index in [2.05, 4.69) is 31.2 Å². The molecule has 1 heterocycles. The van der Waals surface area contributed by atoms with Crippen LogP contribution in [0, 0.1) is 6.92 Å². The van der Waals surface area contributed by atoms with Gasteiger partial charge in [0.05, 0.1) is 0 Å². The van der Waals surface area contributed by atoms with E-state index in [1.54, 1.807) is 17.9 Å². The molecule has 2 rings (SSSR count). The first-order valence-corrected chi connectivity index (χ1v) is 9.03. The normalized spacial score (nSPS) is 12.0. The Kier molecular flexibility index (Phi) is 5.78. The highest BCUT2D eigenvalue weighted by atomic mass is 16.5. The van der Waals surface area contributed by atoms with Gasteiger partial charge in [0.2, 0.25) is 5.91 Å². The molecule has 2 amide bonds. The molecule has 0 aliphatic carbocycles. The van der Waals surface area contributed by atoms with Gasteiger partial charge >= 0.3 is 0 Å². The van der Waals surface area contributed by atoms with Gasteiger partial charge in [0, 0.05) is 17.2 Å². The Morgan fingerprint density at radius 3 is 2.11 bits per heavy atom. The number of aromatic nitrogens is 1. The van der Waals surface area contributed by atoms with Crippen LogP contribution in [0.25, 0.3) is 0 Å². The third kappa shape index (κ3) is 5.42. The number of hydrogen-bond donors (Lipinski definition) is 1. The summed E-state index contributed by atoms with van der Waals surface area (Å²) in [6.45, 7) is 13.8. The SMILES string of the molecule is Cc1cc(NC(=O)CN(C(=O)c2ccc(C(C)(C)C)cc2)C(C)(C)C)no1. The van der Waals surface area contributed by atoms with E-state index in [0.29, 0.717) is 17.1 Å². The number of rotatable bonds is 4. The largest absolute Gasteiger partial charge is 0.360 e. The van der Waals surface area contributed by atoms with E-state index in [0.717, 1.165) is 5.56 Å². The number of nitrogens with one attached hydrogen (secondary N) is 1. The van der Waals surface area contributed by atoms with Crippen molar-refractivity contribution in [3.8, 4) is 0 Å². The highest BCUT2D eigenvalue weighted by Crippen LogP contribution is 2.24. The number of carbonyl (C=O) groups is 2. The smallest absolute Gasteiger partial charge is 0.254 e. The summed E-state index contributed by atoms with van der Waals surface area (Å²) in [5, 5.41) is 6.41. The lowest BCUT2D eigenvalue weighted by molar-refractivity contribution is -0.117. The number of hydrogen-bond acceptors (Lipinski definition) is 4. The molecule has 0 atom stereocenters. The average molecular weight is 371 g/mol. The minimum atomic E-state index is -0.517. The van der Waals surface area contributed by atoms with Crippen LogP contribution >= 0.6 is 0 Å². The summed E-state index contributed by atoms with van der Waals surface area (Å²) in [6.07, 6.45) is 0. The van der Waals surface area contributed by atoms with Crippen molar-refractivity contribution in [2.45, 2.75) is 59.4 Å². The van der Waals surface area contributed by atoms with Crippen LogP contribution in [0.3, 0.4) is 0 Å². The quantitative estimate of drug-likeness (QED) is 0.875. The lowest BCUT2D eigenvalue weighted by Gasteiger charge is -2.35. The molecular formula is C21H29N3O3. The fourth-order valence-electron chi connectivity index (χ4n) is 2.63. The van der Waals surface area contributed by atoms with Gasteiger partial charge in [-0.1, -0.05) is 38.1 Å². The van der Waals surface area contributed by atoms with Gasteiger partial charge < -0.3 is 14.7 Å². The van der Waals surface area contributed by atoms with Crippen LogP contribution < -0.4 is 5.32 Å². The molecule has 0 unspecified atom stereocenters. The Balaban J connectivity index is 2.17. The maximum Gasteiger partial charge on any atom is 0.254 e. The van der Waals surface area contributed by atoms with Gasteiger partial charge in [0.15, 0.2) is 5.82 Å². The van der Waals surface area contributed by atoms with Gasteiger partial charge in [0.1, 0.15) is 12.3 Å². The number of amides is 2. The van der Waals surface area contributed by atoms with E-state index in [1.807, 2.05) is 45.0 Å². The molecule has 0 fully saturated rings. The minimum Gasteiger partial charge on any atom is -0.360 e. The van der Waals surface area contributed by atoms with Crippen LogP contribution in [0.1, 0.15) is 63.2 Å². The molecule has 1 aromatic carbocycles. The second-order valence-electron chi connectivity index (χ2n) is 8.76. The first-order valence-electron chi connectivity index (χ1n) is 9.03. The van der Waals surface area contributed by atoms with Gasteiger partial charge in [-0.25, -0.2) is 0 Å². The molecule has 0 bridgehead atoms. The van der Waals surface area contributed by atoms with Crippen LogP contribution in [0.5, 0.6) is 0 Å². The summed E-state index contributed by atoms with van der Waals surface area (Å²) < 4.78 is 4.95. The first kappa shape index (κ1) is 20.7. The molecule has 0 spiro atoms. The van der Waals surface area contributed by atoms with Crippen LogP contribution in [-0.2, 0) is 10.2 Å². The van der Waals surface area contributed by atoms with Crippen molar-refractivity contribution in [2.24, 2.45) is 0 Å². The zero-order chi connectivity index (χ0) is 20.4. The Morgan fingerprint density at radius 1 is 1.07 bits per heavy atom. The topological polar surface area (TPSA) is 75.4 Å². The summed E-state index contributed by atoms with van der Waals surface area (Å²) in [7, 11) is 0. The fraction of sp³-hybridized carbons (Fsp3) is 0.476. The third-order valence-corrected chi connectivity index (χ3v) is 4.25. The van der Waals surface area contributed by atoms with Gasteiger partial charge in [-0.3, -0.25) is 9.59 Å². The molecule has 1 N–H and O–H groups in total. The number of anilines is 1. The zero-order valence-corrected chi connectivity index (χ0v) is 17.2. The molecule has 2 aromatic rings. The summed E-state index contributed by atoms with van der Waals surface area (Å²) >= 11 is 0. The van der Waals surface area contributed by atoms with Gasteiger partial charge in [-0.05, 0) is 50.8 Å². The maximum atomic E-state index is 13.1. The lowest BCUT2D eigenvalue weighted by Crippen LogP contribution is -2.49. The lowest BCUT2D eigenvalue weighted by atomic mass is 9.86. The number of aryl methyl sites for hydroxylation is 1. The highest BCUT2D eigenvalue weighted by Gasteiger charge is 2.29. The van der Waals surface area contributed by atoms with Crippen LogP contribution in [0.4, 0.5) is 5.82 Å². The Hall–Kier alpha value is -2.63. The Bertz CT molecular complexity index is 808. The summed E-state index contributed by atoms with van der Waals surface area (Å²) in [5.41, 5.74) is 1.21. The van der Waals surface area contributed by atoms with Gasteiger partial charge in [0.25, 0.3) is 5.91 Å². The molecular weight excluding hydrogens is 342 g/mol. The van der Waals surface area contributed by atoms with Crippen molar-refractivity contribution in [3.63, 3.8) is 0 Å². The van der Waals surface area contributed by atoms with E-state index in [9.17, 15) is 9.59 Å². The van der Waals surface area contributed by atoms with E-state index < -0.39 is 5.54 Å². The Labute approximate surface area is 160 Å². The van der Waals surface area contributed by atoms with Crippen molar-refractivity contribution in [1.29, 1.82) is 0 Å². The first-order chi connectivity index (χ1) is 12.4. The van der Waals surface area contributed by atoms with Crippen molar-refractivity contribution in [3.05, 3.63) is 47.2 Å². The van der Waals surface area contributed by atoms with E-state index in [1.165, 1.54) is 0 Å². The molecule has 0 radical (unpaired) electrons. The monoisotopic (exact) mass is 371 g/mol. The van der Waals surface area contributed by atoms with Crippen molar-refractivity contribution < 1.29 is 14.1 Å². The second kappa shape index (κ2) is 7.55. The maximum absolute atomic E-state index is 13.1. The highest BCUT2D eigenvalue weighted by molar-refractivity contribution is 5.99. The average Bonchev–Trinajstić information content (AvgIpc) is 2.95. The molecule has 6 heteroatoms. The standard InChI is InChI=1S/C21H29N3O3/c1-14-12-17(23-27-14)22-18(25)13-24(21(5,6)7)19(26)15-8-10-16(11-9-15)20(2,3)4/h8-12H,13H2,1-7H3,(H,22,23,25). The number of nitrogens with zero attached hydrogens (tertiary/aromatic N) is 2. The van der Waals surface area contributed by atoms with Crippen molar-refractivity contribution in [1.82, 2.24) is 10.1 Å². The van der Waals surface area contributed by atoms with Gasteiger partial charge in [-0.2, -0.15) is 0 Å². The molecule has 146 valence electrons. The second-order valence-corrected chi connectivity index (χ2v) is 8.76. The fourth-order valence-corrected chi connectivity index (χ4v) is 2.63. The number of benzene rings is 1. The van der Waals surface area contributed by atoms with Crippen LogP contribution in [0.2, 0.25) is 0 Å². The molecule has 6 nitrogen and oxygen atoms in total. The van der Waals surface area contributed by atoms with Crippen LogP contribution in [0.15, 0.2) is 34.9 Å².